The first kappa shape index (κ1) is 15.8. The van der Waals surface area contributed by atoms with Gasteiger partial charge in [0.15, 0.2) is 0 Å². The lowest BCUT2D eigenvalue weighted by Gasteiger charge is -2.25. The summed E-state index contributed by atoms with van der Waals surface area (Å²) in [7, 11) is -3.19. The number of hydrogen-bond donors (Lipinski definition) is 1. The molecule has 1 aliphatic rings. The fourth-order valence-electron chi connectivity index (χ4n) is 2.62. The van der Waals surface area contributed by atoms with Gasteiger partial charge in [0.2, 0.25) is 10.0 Å². The molecule has 0 radical (unpaired) electrons. The van der Waals surface area contributed by atoms with E-state index in [2.05, 4.69) is 4.72 Å². The van der Waals surface area contributed by atoms with Gasteiger partial charge >= 0.3 is 0 Å². The molecule has 1 aromatic carbocycles. The Hall–Kier alpha value is -0.580. The SMILES string of the molecule is O=S(=O)(CCc1ccccc1)NCC1CCCC(Cl)C1. The normalized spacial score (nSPS) is 23.6. The van der Waals surface area contributed by atoms with Crippen molar-refractivity contribution in [3.8, 4) is 0 Å². The van der Waals surface area contributed by atoms with Crippen LogP contribution in [-0.4, -0.2) is 26.1 Å². The second kappa shape index (κ2) is 7.43. The summed E-state index contributed by atoms with van der Waals surface area (Å²) < 4.78 is 26.7. The minimum Gasteiger partial charge on any atom is -0.215 e. The van der Waals surface area contributed by atoms with Gasteiger partial charge < -0.3 is 0 Å². The molecule has 0 saturated heterocycles. The molecule has 0 aliphatic heterocycles. The average molecular weight is 316 g/mol. The van der Waals surface area contributed by atoms with E-state index in [1.54, 1.807) is 0 Å². The Morgan fingerprint density at radius 1 is 1.20 bits per heavy atom. The molecule has 20 heavy (non-hydrogen) atoms. The van der Waals surface area contributed by atoms with Crippen molar-refractivity contribution in [3.63, 3.8) is 0 Å². The second-order valence-electron chi connectivity index (χ2n) is 5.53. The third-order valence-electron chi connectivity index (χ3n) is 3.81. The number of alkyl halides is 1. The topological polar surface area (TPSA) is 46.2 Å². The molecule has 1 aliphatic carbocycles. The molecular weight excluding hydrogens is 294 g/mol. The molecule has 0 amide bonds. The maximum atomic E-state index is 12.0. The van der Waals surface area contributed by atoms with Gasteiger partial charge in [-0.3, -0.25) is 0 Å². The Bertz CT molecular complexity index is 504. The summed E-state index contributed by atoms with van der Waals surface area (Å²) in [6.45, 7) is 0.528. The number of benzene rings is 1. The summed E-state index contributed by atoms with van der Waals surface area (Å²) in [5.41, 5.74) is 1.05. The molecule has 0 aromatic heterocycles. The van der Waals surface area contributed by atoms with Crippen LogP contribution >= 0.6 is 11.6 Å². The van der Waals surface area contributed by atoms with Crippen molar-refractivity contribution in [1.29, 1.82) is 0 Å². The summed E-state index contributed by atoms with van der Waals surface area (Å²) in [4.78, 5) is 0. The van der Waals surface area contributed by atoms with Crippen molar-refractivity contribution in [2.24, 2.45) is 5.92 Å². The molecule has 1 aromatic rings. The van der Waals surface area contributed by atoms with Gasteiger partial charge in [-0.05, 0) is 37.2 Å². The molecule has 2 atom stereocenters. The van der Waals surface area contributed by atoms with Crippen LogP contribution in [0.25, 0.3) is 0 Å². The van der Waals surface area contributed by atoms with Crippen LogP contribution in [-0.2, 0) is 16.4 Å². The molecule has 1 N–H and O–H groups in total. The van der Waals surface area contributed by atoms with Crippen molar-refractivity contribution in [1.82, 2.24) is 4.72 Å². The third-order valence-corrected chi connectivity index (χ3v) is 5.56. The summed E-state index contributed by atoms with van der Waals surface area (Å²) >= 11 is 6.13. The van der Waals surface area contributed by atoms with E-state index in [1.807, 2.05) is 30.3 Å². The molecule has 2 unspecified atom stereocenters. The molecule has 3 nitrogen and oxygen atoms in total. The molecule has 0 spiro atoms. The van der Waals surface area contributed by atoms with Crippen LogP contribution in [0.4, 0.5) is 0 Å². The van der Waals surface area contributed by atoms with Crippen molar-refractivity contribution >= 4 is 21.6 Å². The molecule has 2 rings (SSSR count). The minimum atomic E-state index is -3.19. The zero-order valence-corrected chi connectivity index (χ0v) is 13.2. The van der Waals surface area contributed by atoms with Gasteiger partial charge in [0, 0.05) is 11.9 Å². The Morgan fingerprint density at radius 3 is 2.65 bits per heavy atom. The minimum absolute atomic E-state index is 0.147. The highest BCUT2D eigenvalue weighted by molar-refractivity contribution is 7.89. The zero-order chi connectivity index (χ0) is 14.4. The Balaban J connectivity index is 1.76. The quantitative estimate of drug-likeness (QED) is 0.820. The number of halogens is 1. The van der Waals surface area contributed by atoms with Crippen LogP contribution in [0.2, 0.25) is 0 Å². The van der Waals surface area contributed by atoms with Crippen LogP contribution in [0.1, 0.15) is 31.2 Å². The smallest absolute Gasteiger partial charge is 0.211 e. The number of rotatable bonds is 6. The fraction of sp³-hybridized carbons (Fsp3) is 0.600. The number of sulfonamides is 1. The lowest BCUT2D eigenvalue weighted by atomic mass is 9.89. The van der Waals surface area contributed by atoms with Crippen molar-refractivity contribution < 1.29 is 8.42 Å². The van der Waals surface area contributed by atoms with E-state index >= 15 is 0 Å². The van der Waals surface area contributed by atoms with Crippen molar-refractivity contribution in [2.75, 3.05) is 12.3 Å². The third kappa shape index (κ3) is 5.43. The lowest BCUT2D eigenvalue weighted by molar-refractivity contribution is 0.361. The highest BCUT2D eigenvalue weighted by Gasteiger charge is 2.21. The lowest BCUT2D eigenvalue weighted by Crippen LogP contribution is -2.34. The molecule has 1 saturated carbocycles. The Morgan fingerprint density at radius 2 is 1.95 bits per heavy atom. The van der Waals surface area contributed by atoms with E-state index in [1.165, 1.54) is 0 Å². The molecule has 1 fully saturated rings. The van der Waals surface area contributed by atoms with Gasteiger partial charge in [0.25, 0.3) is 0 Å². The summed E-state index contributed by atoms with van der Waals surface area (Å²) in [6, 6.07) is 9.70. The van der Waals surface area contributed by atoms with Gasteiger partial charge in [-0.1, -0.05) is 36.8 Å². The molecule has 5 heteroatoms. The Labute approximate surface area is 126 Å². The molecular formula is C15H22ClNO2S. The van der Waals surface area contributed by atoms with Gasteiger partial charge in [-0.2, -0.15) is 0 Å². The first-order valence-electron chi connectivity index (χ1n) is 7.20. The number of aryl methyl sites for hydroxylation is 1. The predicted molar refractivity (Wildman–Crippen MR) is 83.5 cm³/mol. The molecule has 112 valence electrons. The van der Waals surface area contributed by atoms with Crippen molar-refractivity contribution in [2.45, 2.75) is 37.5 Å². The maximum absolute atomic E-state index is 12.0. The van der Waals surface area contributed by atoms with E-state index in [-0.39, 0.29) is 11.1 Å². The predicted octanol–water partition coefficient (Wildman–Crippen LogP) is 2.95. The van der Waals surface area contributed by atoms with Crippen LogP contribution in [0.5, 0.6) is 0 Å². The number of nitrogens with one attached hydrogen (secondary N) is 1. The van der Waals surface area contributed by atoms with Crippen LogP contribution in [0.3, 0.4) is 0 Å². The van der Waals surface area contributed by atoms with E-state index in [0.717, 1.165) is 31.2 Å². The molecule has 0 bridgehead atoms. The van der Waals surface area contributed by atoms with Gasteiger partial charge in [0.05, 0.1) is 5.75 Å². The Kier molecular flexibility index (Phi) is 5.87. The summed E-state index contributed by atoms with van der Waals surface area (Å²) in [6.07, 6.45) is 4.70. The number of hydrogen-bond acceptors (Lipinski definition) is 2. The fourth-order valence-corrected chi connectivity index (χ4v) is 4.17. The zero-order valence-electron chi connectivity index (χ0n) is 11.6. The van der Waals surface area contributed by atoms with Crippen molar-refractivity contribution in [3.05, 3.63) is 35.9 Å². The standard InChI is InChI=1S/C15H22ClNO2S/c16-15-8-4-7-14(11-15)12-17-20(18,19)10-9-13-5-2-1-3-6-13/h1-3,5-6,14-15,17H,4,7-12H2. The van der Waals surface area contributed by atoms with Gasteiger partial charge in [-0.15, -0.1) is 11.6 Å². The second-order valence-corrected chi connectivity index (χ2v) is 8.08. The van der Waals surface area contributed by atoms with Gasteiger partial charge in [-0.25, -0.2) is 13.1 Å². The van der Waals surface area contributed by atoms with E-state index in [0.29, 0.717) is 18.9 Å². The largest absolute Gasteiger partial charge is 0.215 e. The maximum Gasteiger partial charge on any atom is 0.211 e. The van der Waals surface area contributed by atoms with Crippen LogP contribution in [0.15, 0.2) is 30.3 Å². The monoisotopic (exact) mass is 315 g/mol. The van der Waals surface area contributed by atoms with Crippen LogP contribution < -0.4 is 4.72 Å². The van der Waals surface area contributed by atoms with Gasteiger partial charge in [0.1, 0.15) is 0 Å². The highest BCUT2D eigenvalue weighted by atomic mass is 35.5. The van der Waals surface area contributed by atoms with E-state index in [4.69, 9.17) is 11.6 Å². The van der Waals surface area contributed by atoms with E-state index in [9.17, 15) is 8.42 Å². The van der Waals surface area contributed by atoms with Crippen LogP contribution in [0, 0.1) is 5.92 Å². The highest BCUT2D eigenvalue weighted by Crippen LogP contribution is 2.27. The van der Waals surface area contributed by atoms with E-state index < -0.39 is 10.0 Å². The first-order chi connectivity index (χ1) is 9.55. The summed E-state index contributed by atoms with van der Waals surface area (Å²) in [5, 5.41) is 0.211. The first-order valence-corrected chi connectivity index (χ1v) is 9.29. The molecule has 0 heterocycles. The summed E-state index contributed by atoms with van der Waals surface area (Å²) in [5.74, 6) is 0.534. The average Bonchev–Trinajstić information content (AvgIpc) is 2.45.